The Morgan fingerprint density at radius 2 is 2.18 bits per heavy atom. The molecule has 0 spiro atoms. The fourth-order valence-electron chi connectivity index (χ4n) is 2.28. The lowest BCUT2D eigenvalue weighted by atomic mass is 9.80. The zero-order valence-electron chi connectivity index (χ0n) is 10.4. The zero-order valence-corrected chi connectivity index (χ0v) is 12.0. The Morgan fingerprint density at radius 1 is 1.47 bits per heavy atom. The highest BCUT2D eigenvalue weighted by molar-refractivity contribution is 9.10. The van der Waals surface area contributed by atoms with E-state index in [0.717, 1.165) is 27.8 Å². The van der Waals surface area contributed by atoms with Crippen LogP contribution in [0.15, 0.2) is 16.6 Å². The second-order valence-electron chi connectivity index (χ2n) is 4.89. The van der Waals surface area contributed by atoms with Crippen LogP contribution in [0.5, 0.6) is 5.75 Å². The molecule has 1 aliphatic rings. The SMILES string of the molecule is COc1cc(C)c(Br)cc1C(O)CC1CCC1. The van der Waals surface area contributed by atoms with Crippen molar-refractivity contribution in [1.29, 1.82) is 0 Å². The summed E-state index contributed by atoms with van der Waals surface area (Å²) in [4.78, 5) is 0. The molecular weight excluding hydrogens is 280 g/mol. The minimum atomic E-state index is -0.410. The van der Waals surface area contributed by atoms with Crippen molar-refractivity contribution in [3.63, 3.8) is 0 Å². The number of aryl methyl sites for hydroxylation is 1. The van der Waals surface area contributed by atoms with Crippen LogP contribution in [0.2, 0.25) is 0 Å². The van der Waals surface area contributed by atoms with E-state index in [0.29, 0.717) is 5.92 Å². The van der Waals surface area contributed by atoms with Crippen LogP contribution in [0.25, 0.3) is 0 Å². The lowest BCUT2D eigenvalue weighted by Gasteiger charge is -2.28. The first kappa shape index (κ1) is 12.9. The Balaban J connectivity index is 2.19. The fourth-order valence-corrected chi connectivity index (χ4v) is 2.64. The van der Waals surface area contributed by atoms with Gasteiger partial charge in [-0.05, 0) is 37.0 Å². The Kier molecular flexibility index (Phi) is 4.10. The molecule has 1 aromatic carbocycles. The van der Waals surface area contributed by atoms with Gasteiger partial charge in [-0.2, -0.15) is 0 Å². The van der Waals surface area contributed by atoms with Gasteiger partial charge < -0.3 is 9.84 Å². The minimum Gasteiger partial charge on any atom is -0.496 e. The fraction of sp³-hybridized carbons (Fsp3) is 0.571. The molecule has 0 amide bonds. The number of aliphatic hydroxyl groups excluding tert-OH is 1. The second-order valence-corrected chi connectivity index (χ2v) is 5.75. The molecule has 1 N–H and O–H groups in total. The first-order chi connectivity index (χ1) is 8.11. The number of halogens is 1. The zero-order chi connectivity index (χ0) is 12.4. The number of ether oxygens (including phenoxy) is 1. The summed E-state index contributed by atoms with van der Waals surface area (Å²) in [6, 6.07) is 3.96. The van der Waals surface area contributed by atoms with Gasteiger partial charge in [0.2, 0.25) is 0 Å². The van der Waals surface area contributed by atoms with Crippen molar-refractivity contribution >= 4 is 15.9 Å². The van der Waals surface area contributed by atoms with E-state index in [1.165, 1.54) is 19.3 Å². The molecule has 1 aliphatic carbocycles. The molecule has 94 valence electrons. The van der Waals surface area contributed by atoms with Gasteiger partial charge in [-0.1, -0.05) is 35.2 Å². The molecule has 3 heteroatoms. The Labute approximate surface area is 111 Å². The predicted octanol–water partition coefficient (Wildman–Crippen LogP) is 3.99. The Hall–Kier alpha value is -0.540. The molecule has 0 heterocycles. The summed E-state index contributed by atoms with van der Waals surface area (Å²) in [6.45, 7) is 2.02. The van der Waals surface area contributed by atoms with Crippen molar-refractivity contribution in [2.75, 3.05) is 7.11 Å². The van der Waals surface area contributed by atoms with Crippen LogP contribution >= 0.6 is 15.9 Å². The maximum absolute atomic E-state index is 10.3. The van der Waals surface area contributed by atoms with Gasteiger partial charge in [0.25, 0.3) is 0 Å². The number of rotatable bonds is 4. The van der Waals surface area contributed by atoms with Gasteiger partial charge in [0, 0.05) is 10.0 Å². The van der Waals surface area contributed by atoms with E-state index in [-0.39, 0.29) is 0 Å². The maximum Gasteiger partial charge on any atom is 0.125 e. The van der Waals surface area contributed by atoms with Crippen LogP contribution in [0.3, 0.4) is 0 Å². The number of methoxy groups -OCH3 is 1. The van der Waals surface area contributed by atoms with Gasteiger partial charge in [0.1, 0.15) is 5.75 Å². The van der Waals surface area contributed by atoms with Gasteiger partial charge >= 0.3 is 0 Å². The van der Waals surface area contributed by atoms with Crippen molar-refractivity contribution in [2.45, 2.75) is 38.7 Å². The molecule has 1 unspecified atom stereocenters. The third-order valence-electron chi connectivity index (χ3n) is 3.65. The lowest BCUT2D eigenvalue weighted by molar-refractivity contribution is 0.116. The highest BCUT2D eigenvalue weighted by Crippen LogP contribution is 2.38. The van der Waals surface area contributed by atoms with Crippen molar-refractivity contribution < 1.29 is 9.84 Å². The van der Waals surface area contributed by atoms with Crippen molar-refractivity contribution in [2.24, 2.45) is 5.92 Å². The molecule has 0 radical (unpaired) electrons. The first-order valence-corrected chi connectivity index (χ1v) is 6.93. The molecular formula is C14H19BrO2. The lowest BCUT2D eigenvalue weighted by Crippen LogP contribution is -2.15. The van der Waals surface area contributed by atoms with Crippen LogP contribution < -0.4 is 4.74 Å². The van der Waals surface area contributed by atoms with E-state index in [9.17, 15) is 5.11 Å². The number of aliphatic hydroxyl groups is 1. The summed E-state index contributed by atoms with van der Waals surface area (Å²) < 4.78 is 6.38. The molecule has 2 nitrogen and oxygen atoms in total. The van der Waals surface area contributed by atoms with Gasteiger partial charge in [-0.25, -0.2) is 0 Å². The van der Waals surface area contributed by atoms with Crippen molar-refractivity contribution in [1.82, 2.24) is 0 Å². The van der Waals surface area contributed by atoms with E-state index < -0.39 is 6.10 Å². The Morgan fingerprint density at radius 3 is 2.71 bits per heavy atom. The maximum atomic E-state index is 10.3. The normalized spacial score (nSPS) is 17.6. The average Bonchev–Trinajstić information content (AvgIpc) is 2.26. The molecule has 2 rings (SSSR count). The van der Waals surface area contributed by atoms with E-state index >= 15 is 0 Å². The van der Waals surface area contributed by atoms with Gasteiger partial charge in [0.05, 0.1) is 13.2 Å². The summed E-state index contributed by atoms with van der Waals surface area (Å²) in [5.41, 5.74) is 2.03. The van der Waals surface area contributed by atoms with Gasteiger partial charge in [0.15, 0.2) is 0 Å². The quantitative estimate of drug-likeness (QED) is 0.911. The third-order valence-corrected chi connectivity index (χ3v) is 4.51. The molecule has 0 aromatic heterocycles. The van der Waals surface area contributed by atoms with Crippen molar-refractivity contribution in [3.05, 3.63) is 27.7 Å². The van der Waals surface area contributed by atoms with E-state index in [2.05, 4.69) is 15.9 Å². The van der Waals surface area contributed by atoms with E-state index in [1.807, 2.05) is 19.1 Å². The molecule has 1 atom stereocenters. The summed E-state index contributed by atoms with van der Waals surface area (Å²) in [5, 5.41) is 10.3. The molecule has 1 aromatic rings. The number of benzene rings is 1. The topological polar surface area (TPSA) is 29.5 Å². The molecule has 0 aliphatic heterocycles. The van der Waals surface area contributed by atoms with E-state index in [4.69, 9.17) is 4.74 Å². The van der Waals surface area contributed by atoms with Gasteiger partial charge in [-0.3, -0.25) is 0 Å². The summed E-state index contributed by atoms with van der Waals surface area (Å²) in [6.07, 6.45) is 4.27. The van der Waals surface area contributed by atoms with Crippen LogP contribution in [0.1, 0.15) is 42.9 Å². The smallest absolute Gasteiger partial charge is 0.125 e. The first-order valence-electron chi connectivity index (χ1n) is 6.14. The summed E-state index contributed by atoms with van der Waals surface area (Å²) in [5.74, 6) is 1.48. The molecule has 0 saturated heterocycles. The number of hydrogen-bond donors (Lipinski definition) is 1. The van der Waals surface area contributed by atoms with Crippen LogP contribution in [-0.4, -0.2) is 12.2 Å². The van der Waals surface area contributed by atoms with Crippen LogP contribution in [0.4, 0.5) is 0 Å². The van der Waals surface area contributed by atoms with Crippen LogP contribution in [-0.2, 0) is 0 Å². The highest BCUT2D eigenvalue weighted by atomic mass is 79.9. The molecule has 0 bridgehead atoms. The summed E-state index contributed by atoms with van der Waals surface area (Å²) >= 11 is 3.51. The van der Waals surface area contributed by atoms with E-state index in [1.54, 1.807) is 7.11 Å². The van der Waals surface area contributed by atoms with Gasteiger partial charge in [-0.15, -0.1) is 0 Å². The standard InChI is InChI=1S/C14H19BrO2/c1-9-6-14(17-2)11(8-12(9)15)13(16)7-10-4-3-5-10/h6,8,10,13,16H,3-5,7H2,1-2H3. The predicted molar refractivity (Wildman–Crippen MR) is 72.3 cm³/mol. The third kappa shape index (κ3) is 2.83. The Bertz CT molecular complexity index is 399. The van der Waals surface area contributed by atoms with Crippen molar-refractivity contribution in [3.8, 4) is 5.75 Å². The second kappa shape index (κ2) is 5.40. The number of hydrogen-bond acceptors (Lipinski definition) is 2. The minimum absolute atomic E-state index is 0.410. The molecule has 17 heavy (non-hydrogen) atoms. The average molecular weight is 299 g/mol. The summed E-state index contributed by atoms with van der Waals surface area (Å²) in [7, 11) is 1.66. The molecule has 1 fully saturated rings. The monoisotopic (exact) mass is 298 g/mol. The largest absolute Gasteiger partial charge is 0.496 e. The molecule has 1 saturated carbocycles. The van der Waals surface area contributed by atoms with Crippen LogP contribution in [0, 0.1) is 12.8 Å². The highest BCUT2D eigenvalue weighted by Gasteiger charge is 2.23.